The van der Waals surface area contributed by atoms with E-state index in [4.69, 9.17) is 9.47 Å². The Hall–Kier alpha value is -3.42. The van der Waals surface area contributed by atoms with E-state index in [1.807, 2.05) is 0 Å². The molecule has 27 heavy (non-hydrogen) atoms. The molecule has 0 aliphatic carbocycles. The third-order valence-corrected chi connectivity index (χ3v) is 4.06. The second kappa shape index (κ2) is 7.86. The summed E-state index contributed by atoms with van der Waals surface area (Å²) in [5.41, 5.74) is 0.586. The summed E-state index contributed by atoms with van der Waals surface area (Å²) in [6.07, 6.45) is -0.00331. The van der Waals surface area contributed by atoms with Crippen LogP contribution in [0.1, 0.15) is 28.4 Å². The molecule has 0 radical (unpaired) electrons. The van der Waals surface area contributed by atoms with Gasteiger partial charge in [-0.15, -0.1) is 0 Å². The number of nitrogens with zero attached hydrogens (tertiary/aromatic N) is 1. The highest BCUT2D eigenvalue weighted by molar-refractivity contribution is 6.10. The molecule has 2 N–H and O–H groups in total. The molecule has 1 aliphatic heterocycles. The maximum atomic E-state index is 14.0. The van der Waals surface area contributed by atoms with E-state index >= 15 is 0 Å². The van der Waals surface area contributed by atoms with E-state index < -0.39 is 17.8 Å². The number of carbonyl (C=O) groups excluding carboxylic acids is 2. The summed E-state index contributed by atoms with van der Waals surface area (Å²) in [5.74, 6) is -0.461. The molecule has 0 saturated heterocycles. The molecule has 3 rings (SSSR count). The summed E-state index contributed by atoms with van der Waals surface area (Å²) in [7, 11) is 2.96. The number of nitrogens with one attached hydrogen (secondary N) is 2. The van der Waals surface area contributed by atoms with Gasteiger partial charge in [0.15, 0.2) is 11.5 Å². The van der Waals surface area contributed by atoms with Crippen LogP contribution in [-0.2, 0) is 4.79 Å². The number of carbonyl (C=O) groups is 2. The average Bonchev–Trinajstić information content (AvgIpc) is 2.67. The Kier molecular flexibility index (Phi) is 5.35. The van der Waals surface area contributed by atoms with Crippen molar-refractivity contribution in [3.8, 4) is 11.5 Å². The Morgan fingerprint density at radius 2 is 1.93 bits per heavy atom. The molecule has 1 atom stereocenters. The molecule has 0 fully saturated rings. The predicted molar refractivity (Wildman–Crippen MR) is 96.3 cm³/mol. The molecule has 0 unspecified atom stereocenters. The number of hydrogen-bond acceptors (Lipinski definition) is 5. The van der Waals surface area contributed by atoms with Crippen LogP contribution in [0.15, 0.2) is 47.5 Å². The van der Waals surface area contributed by atoms with Crippen LogP contribution in [0.25, 0.3) is 0 Å². The lowest BCUT2D eigenvalue weighted by molar-refractivity contribution is -0.120. The van der Waals surface area contributed by atoms with Crippen LogP contribution in [0.4, 0.5) is 4.39 Å². The first-order valence-electron chi connectivity index (χ1n) is 8.17. The van der Waals surface area contributed by atoms with E-state index in [0.29, 0.717) is 17.1 Å². The molecule has 0 bridgehead atoms. The summed E-state index contributed by atoms with van der Waals surface area (Å²) in [6, 6.07) is 10.0. The van der Waals surface area contributed by atoms with Gasteiger partial charge in [-0.2, -0.15) is 0 Å². The standard InChI is InChI=1S/C19H18FN3O4/c1-26-15-8-7-11(9-16(15)27-2)18(25)23-19-21-14(10-17(24)22-19)12-5-3-4-6-13(12)20/h3-9,14H,10H2,1-2H3,(H2,21,22,23,24,25)/t14-/m0/s1. The van der Waals surface area contributed by atoms with Gasteiger partial charge in [0.2, 0.25) is 11.9 Å². The van der Waals surface area contributed by atoms with E-state index in [-0.39, 0.29) is 23.9 Å². The zero-order valence-corrected chi connectivity index (χ0v) is 14.8. The van der Waals surface area contributed by atoms with Crippen LogP contribution in [0, 0.1) is 5.82 Å². The van der Waals surface area contributed by atoms with Gasteiger partial charge in [-0.25, -0.2) is 9.38 Å². The van der Waals surface area contributed by atoms with Gasteiger partial charge in [0.25, 0.3) is 5.91 Å². The van der Waals surface area contributed by atoms with Gasteiger partial charge in [-0.3, -0.25) is 20.2 Å². The lowest BCUT2D eigenvalue weighted by Gasteiger charge is -2.21. The van der Waals surface area contributed by atoms with Gasteiger partial charge >= 0.3 is 0 Å². The van der Waals surface area contributed by atoms with Crippen molar-refractivity contribution < 1.29 is 23.5 Å². The maximum absolute atomic E-state index is 14.0. The summed E-state index contributed by atoms with van der Waals surface area (Å²) in [6.45, 7) is 0. The minimum Gasteiger partial charge on any atom is -0.493 e. The molecule has 0 spiro atoms. The first-order valence-corrected chi connectivity index (χ1v) is 8.17. The Labute approximate surface area is 155 Å². The summed E-state index contributed by atoms with van der Waals surface area (Å²) >= 11 is 0. The van der Waals surface area contributed by atoms with E-state index in [9.17, 15) is 14.0 Å². The van der Waals surface area contributed by atoms with Crippen molar-refractivity contribution in [1.82, 2.24) is 10.6 Å². The SMILES string of the molecule is COc1ccc(C(=O)NC2=N[C@H](c3ccccc3F)CC(=O)N2)cc1OC. The van der Waals surface area contributed by atoms with Crippen LogP contribution in [0.5, 0.6) is 11.5 Å². The summed E-state index contributed by atoms with van der Waals surface area (Å²) in [4.78, 5) is 28.7. The first-order chi connectivity index (χ1) is 13.0. The molecule has 140 valence electrons. The number of aliphatic imine (C=N–C) groups is 1. The maximum Gasteiger partial charge on any atom is 0.258 e. The number of amides is 2. The predicted octanol–water partition coefficient (Wildman–Crippen LogP) is 2.19. The van der Waals surface area contributed by atoms with Crippen LogP contribution in [-0.4, -0.2) is 32.0 Å². The van der Waals surface area contributed by atoms with E-state index in [1.54, 1.807) is 30.3 Å². The zero-order chi connectivity index (χ0) is 19.4. The van der Waals surface area contributed by atoms with Crippen molar-refractivity contribution in [3.63, 3.8) is 0 Å². The van der Waals surface area contributed by atoms with Gasteiger partial charge in [0, 0.05) is 11.1 Å². The van der Waals surface area contributed by atoms with Gasteiger partial charge in [0.05, 0.1) is 26.7 Å². The molecule has 2 amide bonds. The molecule has 0 aromatic heterocycles. The van der Waals surface area contributed by atoms with E-state index in [1.165, 1.54) is 26.4 Å². The van der Waals surface area contributed by atoms with Crippen molar-refractivity contribution in [3.05, 3.63) is 59.4 Å². The Morgan fingerprint density at radius 3 is 2.63 bits per heavy atom. The minimum absolute atomic E-state index is 0.00331. The van der Waals surface area contributed by atoms with Crippen molar-refractivity contribution in [1.29, 1.82) is 0 Å². The molecule has 1 heterocycles. The molecule has 1 aliphatic rings. The number of rotatable bonds is 4. The largest absolute Gasteiger partial charge is 0.493 e. The number of benzene rings is 2. The lowest BCUT2D eigenvalue weighted by Crippen LogP contribution is -2.47. The van der Waals surface area contributed by atoms with E-state index in [2.05, 4.69) is 15.6 Å². The second-order valence-electron chi connectivity index (χ2n) is 5.79. The van der Waals surface area contributed by atoms with E-state index in [0.717, 1.165) is 0 Å². The molecular formula is C19H18FN3O4. The Morgan fingerprint density at radius 1 is 1.19 bits per heavy atom. The van der Waals surface area contributed by atoms with Crippen LogP contribution >= 0.6 is 0 Å². The van der Waals surface area contributed by atoms with Gasteiger partial charge < -0.3 is 9.47 Å². The number of hydrogen-bond donors (Lipinski definition) is 2. The summed E-state index contributed by atoms with van der Waals surface area (Å²) in [5, 5.41) is 5.02. The fourth-order valence-electron chi connectivity index (χ4n) is 2.74. The fourth-order valence-corrected chi connectivity index (χ4v) is 2.74. The Balaban J connectivity index is 1.82. The topological polar surface area (TPSA) is 89.0 Å². The fraction of sp³-hybridized carbons (Fsp3) is 0.211. The quantitative estimate of drug-likeness (QED) is 0.862. The third kappa shape index (κ3) is 4.05. The number of halogens is 1. The highest BCUT2D eigenvalue weighted by Gasteiger charge is 2.25. The molecule has 2 aromatic carbocycles. The van der Waals surface area contributed by atoms with Crippen LogP contribution in [0.2, 0.25) is 0 Å². The molecular weight excluding hydrogens is 353 g/mol. The Bertz CT molecular complexity index is 914. The molecule has 7 nitrogen and oxygen atoms in total. The van der Waals surface area contributed by atoms with Gasteiger partial charge in [-0.1, -0.05) is 18.2 Å². The third-order valence-electron chi connectivity index (χ3n) is 4.06. The molecule has 8 heteroatoms. The first kappa shape index (κ1) is 18.4. The van der Waals surface area contributed by atoms with Crippen molar-refractivity contribution in [2.75, 3.05) is 14.2 Å². The monoisotopic (exact) mass is 371 g/mol. The minimum atomic E-state index is -0.708. The van der Waals surface area contributed by atoms with Crippen molar-refractivity contribution in [2.24, 2.45) is 4.99 Å². The summed E-state index contributed by atoms with van der Waals surface area (Å²) < 4.78 is 24.3. The smallest absolute Gasteiger partial charge is 0.258 e. The lowest BCUT2D eigenvalue weighted by atomic mass is 10.0. The van der Waals surface area contributed by atoms with Crippen LogP contribution in [0.3, 0.4) is 0 Å². The van der Waals surface area contributed by atoms with Crippen molar-refractivity contribution >= 4 is 17.8 Å². The van der Waals surface area contributed by atoms with Crippen LogP contribution < -0.4 is 20.1 Å². The number of ether oxygens (including phenoxy) is 2. The average molecular weight is 371 g/mol. The molecule has 0 saturated carbocycles. The second-order valence-corrected chi connectivity index (χ2v) is 5.79. The number of guanidine groups is 1. The van der Waals surface area contributed by atoms with Gasteiger partial charge in [0.1, 0.15) is 5.82 Å². The van der Waals surface area contributed by atoms with Crippen molar-refractivity contribution in [2.45, 2.75) is 12.5 Å². The zero-order valence-electron chi connectivity index (χ0n) is 14.8. The number of methoxy groups -OCH3 is 2. The molecule has 2 aromatic rings. The normalized spacial score (nSPS) is 16.2. The highest BCUT2D eigenvalue weighted by Crippen LogP contribution is 2.28. The van der Waals surface area contributed by atoms with Gasteiger partial charge in [-0.05, 0) is 24.3 Å². The highest BCUT2D eigenvalue weighted by atomic mass is 19.1.